The first-order chi connectivity index (χ1) is 9.58. The lowest BCUT2D eigenvalue weighted by Gasteiger charge is -2.22. The molecule has 0 fully saturated rings. The molecule has 0 aliphatic heterocycles. The minimum absolute atomic E-state index is 0.201. The highest BCUT2D eigenvalue weighted by molar-refractivity contribution is 6.21. The zero-order chi connectivity index (χ0) is 14.3. The van der Waals surface area contributed by atoms with E-state index in [2.05, 4.69) is 0 Å². The maximum atomic E-state index is 11.7. The van der Waals surface area contributed by atoms with Crippen LogP contribution in [0.4, 0.5) is 0 Å². The molecule has 3 aliphatic carbocycles. The van der Waals surface area contributed by atoms with Crippen molar-refractivity contribution in [3.05, 3.63) is 48.1 Å². The van der Waals surface area contributed by atoms with Gasteiger partial charge in [0.15, 0.2) is 23.1 Å². The summed E-state index contributed by atoms with van der Waals surface area (Å²) in [5.41, 5.74) is 0.591. The van der Waals surface area contributed by atoms with E-state index in [1.54, 1.807) is 12.2 Å². The summed E-state index contributed by atoms with van der Waals surface area (Å²) in [6.07, 6.45) is 11.0. The van der Waals surface area contributed by atoms with Crippen molar-refractivity contribution in [3.8, 4) is 0 Å². The molecule has 3 aliphatic rings. The Kier molecular flexibility index (Phi) is 2.93. The molecule has 0 amide bonds. The van der Waals surface area contributed by atoms with E-state index in [1.807, 2.05) is 6.08 Å². The molecule has 1 unspecified atom stereocenters. The Morgan fingerprint density at radius 2 is 1.30 bits per heavy atom. The van der Waals surface area contributed by atoms with Crippen LogP contribution in [0.15, 0.2) is 48.1 Å². The van der Waals surface area contributed by atoms with E-state index in [-0.39, 0.29) is 29.1 Å². The quantitative estimate of drug-likeness (QED) is 0.704. The summed E-state index contributed by atoms with van der Waals surface area (Å²) in [6, 6.07) is 0. The molecule has 0 saturated heterocycles. The first-order valence-electron chi connectivity index (χ1n) is 6.48. The second kappa shape index (κ2) is 4.63. The first-order valence-corrected chi connectivity index (χ1v) is 6.48. The Labute approximate surface area is 115 Å². The Morgan fingerprint density at radius 3 is 1.90 bits per heavy atom. The van der Waals surface area contributed by atoms with Crippen molar-refractivity contribution in [2.45, 2.75) is 6.42 Å². The summed E-state index contributed by atoms with van der Waals surface area (Å²) < 4.78 is 0. The van der Waals surface area contributed by atoms with E-state index in [0.29, 0.717) is 12.0 Å². The van der Waals surface area contributed by atoms with Crippen LogP contribution in [0.3, 0.4) is 0 Å². The van der Waals surface area contributed by atoms with E-state index in [4.69, 9.17) is 0 Å². The van der Waals surface area contributed by atoms with Crippen LogP contribution >= 0.6 is 0 Å². The molecule has 4 nitrogen and oxygen atoms in total. The van der Waals surface area contributed by atoms with Gasteiger partial charge >= 0.3 is 0 Å². The van der Waals surface area contributed by atoms with Gasteiger partial charge in [-0.25, -0.2) is 0 Å². The average Bonchev–Trinajstić information content (AvgIpc) is 2.93. The second-order valence-corrected chi connectivity index (χ2v) is 5.16. The minimum Gasteiger partial charge on any atom is -0.294 e. The number of rotatable bonds is 2. The van der Waals surface area contributed by atoms with Crippen molar-refractivity contribution in [2.75, 3.05) is 0 Å². The van der Waals surface area contributed by atoms with Crippen molar-refractivity contribution in [3.63, 3.8) is 0 Å². The minimum atomic E-state index is -0.798. The molecule has 100 valence electrons. The maximum absolute atomic E-state index is 11.7. The van der Waals surface area contributed by atoms with Gasteiger partial charge in [-0.15, -0.1) is 0 Å². The van der Waals surface area contributed by atoms with Gasteiger partial charge in [0.2, 0.25) is 0 Å². The predicted octanol–water partition coefficient (Wildman–Crippen LogP) is 1.14. The molecular weight excluding hydrogens is 256 g/mol. The lowest BCUT2D eigenvalue weighted by atomic mass is 9.79. The average molecular weight is 268 g/mol. The molecule has 0 aromatic heterocycles. The summed E-state index contributed by atoms with van der Waals surface area (Å²) in [5.74, 6) is -2.65. The zero-order valence-corrected chi connectivity index (χ0v) is 10.6. The molecule has 0 spiro atoms. The number of carbonyl (C=O) groups is 4. The lowest BCUT2D eigenvalue weighted by molar-refractivity contribution is -0.127. The van der Waals surface area contributed by atoms with Crippen LogP contribution in [0.25, 0.3) is 0 Å². The third-order valence-electron chi connectivity index (χ3n) is 3.89. The van der Waals surface area contributed by atoms with Crippen molar-refractivity contribution < 1.29 is 19.2 Å². The van der Waals surface area contributed by atoms with Crippen LogP contribution in [0.1, 0.15) is 6.42 Å². The van der Waals surface area contributed by atoms with Crippen molar-refractivity contribution in [2.24, 2.45) is 17.8 Å². The largest absolute Gasteiger partial charge is 0.294 e. The number of ketones is 4. The van der Waals surface area contributed by atoms with E-state index in [0.717, 1.165) is 0 Å². The van der Waals surface area contributed by atoms with Crippen molar-refractivity contribution in [1.82, 2.24) is 0 Å². The number of allylic oxidation sites excluding steroid dienone is 8. The topological polar surface area (TPSA) is 68.3 Å². The van der Waals surface area contributed by atoms with Crippen LogP contribution in [0, 0.1) is 17.8 Å². The van der Waals surface area contributed by atoms with Gasteiger partial charge in [0, 0.05) is 0 Å². The third-order valence-corrected chi connectivity index (χ3v) is 3.89. The third kappa shape index (κ3) is 1.93. The number of hydrogen-bond acceptors (Lipinski definition) is 4. The molecule has 1 atom stereocenters. The normalized spacial score (nSPS) is 27.0. The molecule has 0 N–H and O–H groups in total. The molecule has 0 bridgehead atoms. The fourth-order valence-corrected chi connectivity index (χ4v) is 2.92. The summed E-state index contributed by atoms with van der Waals surface area (Å²) in [5, 5.41) is 0. The Bertz CT molecular complexity index is 609. The van der Waals surface area contributed by atoms with Crippen LogP contribution in [0.2, 0.25) is 0 Å². The predicted molar refractivity (Wildman–Crippen MR) is 70.6 cm³/mol. The highest BCUT2D eigenvalue weighted by Crippen LogP contribution is 2.33. The monoisotopic (exact) mass is 268 g/mol. The molecule has 0 heterocycles. The van der Waals surface area contributed by atoms with Gasteiger partial charge in [0.1, 0.15) is 5.92 Å². The Morgan fingerprint density at radius 1 is 0.750 bits per heavy atom. The molecular formula is C16H12O4. The molecule has 0 radical (unpaired) electrons. The van der Waals surface area contributed by atoms with Gasteiger partial charge in [-0.3, -0.25) is 19.2 Å². The van der Waals surface area contributed by atoms with E-state index in [9.17, 15) is 19.2 Å². The molecule has 0 aromatic rings. The molecule has 0 aromatic carbocycles. The fourth-order valence-electron chi connectivity index (χ4n) is 2.92. The highest BCUT2D eigenvalue weighted by Gasteiger charge is 2.37. The first kappa shape index (κ1) is 12.7. The van der Waals surface area contributed by atoms with Gasteiger partial charge < -0.3 is 0 Å². The molecule has 3 rings (SSSR count). The van der Waals surface area contributed by atoms with E-state index >= 15 is 0 Å². The van der Waals surface area contributed by atoms with E-state index in [1.165, 1.54) is 24.3 Å². The fraction of sp³-hybridized carbons (Fsp3) is 0.250. The number of carbonyl (C=O) groups excluding carboxylic acids is 4. The zero-order valence-electron chi connectivity index (χ0n) is 10.6. The standard InChI is InChI=1S/C16H12O4/c17-11-4-5-12(18)15(11)9-2-1-3-10(8-9)16-13(19)6-7-14(16)20/h1-2,4-8,10,15-16H,3H2. The highest BCUT2D eigenvalue weighted by atomic mass is 16.2. The smallest absolute Gasteiger partial charge is 0.171 e. The van der Waals surface area contributed by atoms with Crippen molar-refractivity contribution >= 4 is 23.1 Å². The Balaban J connectivity index is 1.88. The maximum Gasteiger partial charge on any atom is 0.171 e. The lowest BCUT2D eigenvalue weighted by Crippen LogP contribution is -2.27. The van der Waals surface area contributed by atoms with E-state index < -0.39 is 11.8 Å². The van der Waals surface area contributed by atoms with Crippen LogP contribution in [-0.4, -0.2) is 23.1 Å². The summed E-state index contributed by atoms with van der Waals surface area (Å²) in [4.78, 5) is 46.9. The van der Waals surface area contributed by atoms with Crippen LogP contribution < -0.4 is 0 Å². The van der Waals surface area contributed by atoms with Crippen LogP contribution in [-0.2, 0) is 19.2 Å². The SMILES string of the molecule is O=C1C=CC(=O)C1C1=CC(C2C(=O)C=CC2=O)CC=C1. The van der Waals surface area contributed by atoms with Gasteiger partial charge in [-0.05, 0) is 42.2 Å². The molecule has 4 heteroatoms. The number of hydrogen-bond donors (Lipinski definition) is 0. The summed E-state index contributed by atoms with van der Waals surface area (Å²) >= 11 is 0. The van der Waals surface area contributed by atoms with Gasteiger partial charge in [-0.1, -0.05) is 18.2 Å². The van der Waals surface area contributed by atoms with Crippen LogP contribution in [0.5, 0.6) is 0 Å². The second-order valence-electron chi connectivity index (χ2n) is 5.16. The van der Waals surface area contributed by atoms with Gasteiger partial charge in [-0.2, -0.15) is 0 Å². The van der Waals surface area contributed by atoms with Gasteiger partial charge in [0.25, 0.3) is 0 Å². The Hall–Kier alpha value is -2.36. The van der Waals surface area contributed by atoms with Gasteiger partial charge in [0.05, 0.1) is 5.92 Å². The van der Waals surface area contributed by atoms with Crippen molar-refractivity contribution in [1.29, 1.82) is 0 Å². The molecule has 20 heavy (non-hydrogen) atoms. The molecule has 0 saturated carbocycles. The summed E-state index contributed by atoms with van der Waals surface area (Å²) in [6.45, 7) is 0. The summed E-state index contributed by atoms with van der Waals surface area (Å²) in [7, 11) is 0.